The second-order valence-corrected chi connectivity index (χ2v) is 4.77. The van der Waals surface area contributed by atoms with Crippen LogP contribution in [0.5, 0.6) is 0 Å². The van der Waals surface area contributed by atoms with Gasteiger partial charge in [-0.2, -0.15) is 13.2 Å². The maximum absolute atomic E-state index is 13.0. The number of esters is 1. The Morgan fingerprint density at radius 2 is 1.82 bits per heavy atom. The summed E-state index contributed by atoms with van der Waals surface area (Å²) in [6.45, 7) is 3.30. The van der Waals surface area contributed by atoms with Crippen LogP contribution in [0.25, 0.3) is 0 Å². The Morgan fingerprint density at radius 1 is 1.23 bits per heavy atom. The molecule has 1 aromatic rings. The van der Waals surface area contributed by atoms with Crippen LogP contribution in [0, 0.1) is 0 Å². The van der Waals surface area contributed by atoms with Gasteiger partial charge in [0.15, 0.2) is 6.04 Å². The van der Waals surface area contributed by atoms with Crippen molar-refractivity contribution < 1.29 is 27.5 Å². The van der Waals surface area contributed by atoms with Gasteiger partial charge in [0, 0.05) is 6.08 Å². The fraction of sp³-hybridized carbons (Fsp3) is 0.333. The number of hydrogen-bond acceptors (Lipinski definition) is 3. The van der Waals surface area contributed by atoms with Crippen molar-refractivity contribution in [2.45, 2.75) is 26.1 Å². The molecule has 0 saturated carbocycles. The van der Waals surface area contributed by atoms with Gasteiger partial charge >= 0.3 is 12.1 Å². The largest absolute Gasteiger partial charge is 0.467 e. The zero-order chi connectivity index (χ0) is 16.9. The van der Waals surface area contributed by atoms with Crippen LogP contribution in [-0.2, 0) is 20.5 Å². The molecule has 0 aliphatic carbocycles. The minimum atomic E-state index is -4.65. The Morgan fingerprint density at radius 3 is 2.32 bits per heavy atom. The number of halogens is 3. The van der Waals surface area contributed by atoms with Gasteiger partial charge in [-0.05, 0) is 25.5 Å². The molecule has 0 spiro atoms. The molecule has 1 amide bonds. The van der Waals surface area contributed by atoms with Crippen molar-refractivity contribution in [2.24, 2.45) is 0 Å². The number of hydrogen-bond donors (Lipinski definition) is 1. The second-order valence-electron chi connectivity index (χ2n) is 4.77. The minimum absolute atomic E-state index is 0.364. The Labute approximate surface area is 126 Å². The molecule has 0 aliphatic rings. The normalized spacial score (nSPS) is 12.3. The topological polar surface area (TPSA) is 55.4 Å². The van der Waals surface area contributed by atoms with Crippen LogP contribution < -0.4 is 5.32 Å². The molecule has 4 nitrogen and oxygen atoms in total. The van der Waals surface area contributed by atoms with Crippen molar-refractivity contribution in [3.63, 3.8) is 0 Å². The number of amides is 1. The van der Waals surface area contributed by atoms with E-state index in [-0.39, 0.29) is 5.56 Å². The van der Waals surface area contributed by atoms with Crippen LogP contribution in [-0.4, -0.2) is 19.0 Å². The number of allylic oxidation sites excluding steroid dienone is 1. The van der Waals surface area contributed by atoms with Crippen molar-refractivity contribution in [1.29, 1.82) is 0 Å². The van der Waals surface area contributed by atoms with Gasteiger partial charge in [-0.25, -0.2) is 4.79 Å². The summed E-state index contributed by atoms with van der Waals surface area (Å²) in [4.78, 5) is 23.5. The number of carbonyl (C=O) groups is 2. The van der Waals surface area contributed by atoms with Gasteiger partial charge in [0.05, 0.1) is 12.7 Å². The molecule has 1 rings (SSSR count). The van der Waals surface area contributed by atoms with Gasteiger partial charge in [0.25, 0.3) is 0 Å². The number of benzene rings is 1. The second kappa shape index (κ2) is 7.11. The Hall–Kier alpha value is -2.31. The highest BCUT2D eigenvalue weighted by Gasteiger charge is 2.37. The lowest BCUT2D eigenvalue weighted by Crippen LogP contribution is -2.35. The summed E-state index contributed by atoms with van der Waals surface area (Å²) in [6.07, 6.45) is -3.46. The first-order valence-corrected chi connectivity index (χ1v) is 6.36. The molecule has 0 radical (unpaired) electrons. The molecule has 1 aromatic carbocycles. The molecule has 22 heavy (non-hydrogen) atoms. The van der Waals surface area contributed by atoms with E-state index < -0.39 is 29.7 Å². The zero-order valence-corrected chi connectivity index (χ0v) is 12.3. The van der Waals surface area contributed by atoms with E-state index in [2.05, 4.69) is 10.1 Å². The highest BCUT2D eigenvalue weighted by atomic mass is 19.4. The molecule has 1 atom stereocenters. The third-order valence-corrected chi connectivity index (χ3v) is 2.72. The summed E-state index contributed by atoms with van der Waals surface area (Å²) in [5, 5.41) is 2.24. The van der Waals surface area contributed by atoms with Crippen LogP contribution in [0.15, 0.2) is 35.9 Å². The van der Waals surface area contributed by atoms with E-state index >= 15 is 0 Å². The van der Waals surface area contributed by atoms with E-state index in [0.29, 0.717) is 5.57 Å². The summed E-state index contributed by atoms with van der Waals surface area (Å²) in [6, 6.07) is 3.00. The maximum atomic E-state index is 13.0. The summed E-state index contributed by atoms with van der Waals surface area (Å²) in [5.74, 6) is -1.65. The molecule has 7 heteroatoms. The predicted octanol–water partition coefficient (Wildman–Crippen LogP) is 3.00. The number of rotatable bonds is 4. The molecule has 0 heterocycles. The van der Waals surface area contributed by atoms with E-state index in [1.54, 1.807) is 13.8 Å². The van der Waals surface area contributed by atoms with Gasteiger partial charge in [0.2, 0.25) is 5.91 Å². The highest BCUT2D eigenvalue weighted by molar-refractivity contribution is 5.92. The van der Waals surface area contributed by atoms with E-state index in [0.717, 1.165) is 19.2 Å². The number of nitrogens with one attached hydrogen (secondary N) is 1. The summed E-state index contributed by atoms with van der Waals surface area (Å²) >= 11 is 0. The molecule has 0 unspecified atom stereocenters. The zero-order valence-electron chi connectivity index (χ0n) is 12.3. The molecule has 1 N–H and O–H groups in total. The predicted molar refractivity (Wildman–Crippen MR) is 73.8 cm³/mol. The molecule has 0 aliphatic heterocycles. The fourth-order valence-corrected chi connectivity index (χ4v) is 1.83. The average molecular weight is 315 g/mol. The standard InChI is InChI=1S/C15H16F3NO3/c1-9(2)8-12(20)19-13(14(21)22-3)10-6-4-5-7-11(10)15(16,17)18/h4-8,13H,1-3H3,(H,19,20)/t13-/m1/s1. The molecule has 0 aromatic heterocycles. The Kier molecular flexibility index (Phi) is 5.73. The van der Waals surface area contributed by atoms with Gasteiger partial charge in [-0.1, -0.05) is 23.8 Å². The fourth-order valence-electron chi connectivity index (χ4n) is 1.83. The SMILES string of the molecule is COC(=O)[C@H](NC(=O)C=C(C)C)c1ccccc1C(F)(F)F. The lowest BCUT2D eigenvalue weighted by molar-refractivity contribution is -0.146. The third-order valence-electron chi connectivity index (χ3n) is 2.72. The van der Waals surface area contributed by atoms with Crippen molar-refractivity contribution in [3.8, 4) is 0 Å². The van der Waals surface area contributed by atoms with Crippen LogP contribution in [0.4, 0.5) is 13.2 Å². The van der Waals surface area contributed by atoms with E-state index in [9.17, 15) is 22.8 Å². The lowest BCUT2D eigenvalue weighted by Gasteiger charge is -2.20. The Balaban J connectivity index is 3.27. The summed E-state index contributed by atoms with van der Waals surface area (Å²) in [5.41, 5.74) is -0.717. The number of ether oxygens (including phenoxy) is 1. The van der Waals surface area contributed by atoms with Crippen molar-refractivity contribution in [3.05, 3.63) is 47.0 Å². The van der Waals surface area contributed by atoms with Crippen LogP contribution in [0.1, 0.15) is 31.0 Å². The molecular weight excluding hydrogens is 299 g/mol. The molecule has 0 fully saturated rings. The third kappa shape index (κ3) is 4.61. The number of carbonyl (C=O) groups excluding carboxylic acids is 2. The summed E-state index contributed by atoms with van der Waals surface area (Å²) in [7, 11) is 1.04. The van der Waals surface area contributed by atoms with Crippen molar-refractivity contribution in [1.82, 2.24) is 5.32 Å². The first-order chi connectivity index (χ1) is 10.2. The molecule has 0 bridgehead atoms. The van der Waals surface area contributed by atoms with Crippen LogP contribution >= 0.6 is 0 Å². The lowest BCUT2D eigenvalue weighted by atomic mass is 9.99. The van der Waals surface area contributed by atoms with Gasteiger partial charge in [-0.3, -0.25) is 4.79 Å². The molecular formula is C15H16F3NO3. The first kappa shape index (κ1) is 17.7. The van der Waals surface area contributed by atoms with E-state index in [1.165, 1.54) is 18.2 Å². The summed E-state index contributed by atoms with van der Waals surface area (Å²) < 4.78 is 43.6. The van der Waals surface area contributed by atoms with Gasteiger partial charge in [-0.15, -0.1) is 0 Å². The van der Waals surface area contributed by atoms with Gasteiger partial charge in [0.1, 0.15) is 0 Å². The van der Waals surface area contributed by atoms with Crippen LogP contribution in [0.3, 0.4) is 0 Å². The monoisotopic (exact) mass is 315 g/mol. The highest BCUT2D eigenvalue weighted by Crippen LogP contribution is 2.34. The minimum Gasteiger partial charge on any atom is -0.467 e. The van der Waals surface area contributed by atoms with Crippen molar-refractivity contribution in [2.75, 3.05) is 7.11 Å². The quantitative estimate of drug-likeness (QED) is 0.686. The van der Waals surface area contributed by atoms with Crippen molar-refractivity contribution >= 4 is 11.9 Å². The average Bonchev–Trinajstić information content (AvgIpc) is 2.42. The van der Waals surface area contributed by atoms with E-state index in [1.807, 2.05) is 0 Å². The van der Waals surface area contributed by atoms with Gasteiger partial charge < -0.3 is 10.1 Å². The van der Waals surface area contributed by atoms with Crippen LogP contribution in [0.2, 0.25) is 0 Å². The van der Waals surface area contributed by atoms with E-state index in [4.69, 9.17) is 0 Å². The molecule has 120 valence electrons. The molecule has 0 saturated heterocycles. The Bertz CT molecular complexity index is 590. The number of methoxy groups -OCH3 is 1. The maximum Gasteiger partial charge on any atom is 0.416 e. The number of alkyl halides is 3. The smallest absolute Gasteiger partial charge is 0.416 e. The first-order valence-electron chi connectivity index (χ1n) is 6.36.